The molecule has 1 rings (SSSR count). The van der Waals surface area contributed by atoms with Crippen LogP contribution in [0.1, 0.15) is 24.3 Å². The Morgan fingerprint density at radius 3 is 2.53 bits per heavy atom. The number of hydrogen-bond donors (Lipinski definition) is 1. The molecule has 0 aromatic heterocycles. The molecule has 96 valence electrons. The summed E-state index contributed by atoms with van der Waals surface area (Å²) in [6.45, 7) is 2.32. The molecule has 1 aromatic carbocycles. The number of rotatable bonds is 9. The van der Waals surface area contributed by atoms with E-state index in [1.807, 2.05) is 30.3 Å². The average molecular weight is 238 g/mol. The normalized spacial score (nSPS) is 12.6. The van der Waals surface area contributed by atoms with Gasteiger partial charge in [0.05, 0.1) is 6.61 Å². The highest BCUT2D eigenvalue weighted by molar-refractivity contribution is 5.19. The van der Waals surface area contributed by atoms with Gasteiger partial charge >= 0.3 is 0 Å². The molecule has 0 heterocycles. The lowest BCUT2D eigenvalue weighted by atomic mass is 9.97. The fourth-order valence-electron chi connectivity index (χ4n) is 1.72. The summed E-state index contributed by atoms with van der Waals surface area (Å²) in [4.78, 5) is 0. The standard InChI is InChI=1S/C14H22O3/c1-16-9-5-10-17-11-8-14(12-15)13-6-3-2-4-7-13/h2-4,6-7,14-15H,5,8-12H2,1H3. The maximum Gasteiger partial charge on any atom is 0.0500 e. The summed E-state index contributed by atoms with van der Waals surface area (Å²) < 4.78 is 10.4. The van der Waals surface area contributed by atoms with Crippen LogP contribution in [0.3, 0.4) is 0 Å². The Balaban J connectivity index is 2.20. The largest absolute Gasteiger partial charge is 0.396 e. The predicted molar refractivity (Wildman–Crippen MR) is 68.2 cm³/mol. The molecular formula is C14H22O3. The van der Waals surface area contributed by atoms with E-state index in [4.69, 9.17) is 9.47 Å². The van der Waals surface area contributed by atoms with Crippen LogP contribution in [0.2, 0.25) is 0 Å². The van der Waals surface area contributed by atoms with Crippen molar-refractivity contribution in [2.75, 3.05) is 33.5 Å². The van der Waals surface area contributed by atoms with Crippen molar-refractivity contribution in [1.29, 1.82) is 0 Å². The van der Waals surface area contributed by atoms with Gasteiger partial charge in [-0.15, -0.1) is 0 Å². The van der Waals surface area contributed by atoms with Crippen molar-refractivity contribution in [1.82, 2.24) is 0 Å². The second kappa shape index (κ2) is 9.16. The molecule has 1 N–H and O–H groups in total. The minimum Gasteiger partial charge on any atom is -0.396 e. The third-order valence-corrected chi connectivity index (χ3v) is 2.74. The zero-order chi connectivity index (χ0) is 12.3. The van der Waals surface area contributed by atoms with Crippen LogP contribution >= 0.6 is 0 Å². The van der Waals surface area contributed by atoms with Crippen LogP contribution in [0.25, 0.3) is 0 Å². The average Bonchev–Trinajstić information content (AvgIpc) is 2.39. The summed E-state index contributed by atoms with van der Waals surface area (Å²) in [7, 11) is 1.69. The Hall–Kier alpha value is -0.900. The summed E-state index contributed by atoms with van der Waals surface area (Å²) >= 11 is 0. The monoisotopic (exact) mass is 238 g/mol. The molecule has 0 fully saturated rings. The third-order valence-electron chi connectivity index (χ3n) is 2.74. The first-order chi connectivity index (χ1) is 8.38. The SMILES string of the molecule is COCCCOCCC(CO)c1ccccc1. The van der Waals surface area contributed by atoms with Crippen molar-refractivity contribution in [3.8, 4) is 0 Å². The number of ether oxygens (including phenoxy) is 2. The molecular weight excluding hydrogens is 216 g/mol. The van der Waals surface area contributed by atoms with Crippen molar-refractivity contribution < 1.29 is 14.6 Å². The van der Waals surface area contributed by atoms with Gasteiger partial charge in [-0.2, -0.15) is 0 Å². The Morgan fingerprint density at radius 2 is 1.88 bits per heavy atom. The Morgan fingerprint density at radius 1 is 1.12 bits per heavy atom. The molecule has 1 unspecified atom stereocenters. The van der Waals surface area contributed by atoms with E-state index >= 15 is 0 Å². The molecule has 1 aromatic rings. The van der Waals surface area contributed by atoms with E-state index in [0.717, 1.165) is 26.1 Å². The van der Waals surface area contributed by atoms with Gasteiger partial charge in [0.1, 0.15) is 0 Å². The molecule has 0 aliphatic rings. The van der Waals surface area contributed by atoms with Crippen LogP contribution in [0.15, 0.2) is 30.3 Å². The maximum atomic E-state index is 9.34. The van der Waals surface area contributed by atoms with Crippen molar-refractivity contribution in [2.45, 2.75) is 18.8 Å². The van der Waals surface area contributed by atoms with Crippen LogP contribution < -0.4 is 0 Å². The van der Waals surface area contributed by atoms with Gasteiger partial charge in [0.2, 0.25) is 0 Å². The van der Waals surface area contributed by atoms with E-state index in [2.05, 4.69) is 0 Å². The summed E-state index contributed by atoms with van der Waals surface area (Å²) in [5, 5.41) is 9.34. The topological polar surface area (TPSA) is 38.7 Å². The van der Waals surface area contributed by atoms with Gasteiger partial charge in [0, 0.05) is 32.8 Å². The molecule has 0 aliphatic carbocycles. The summed E-state index contributed by atoms with van der Waals surface area (Å²) in [6.07, 6.45) is 1.78. The molecule has 17 heavy (non-hydrogen) atoms. The number of hydrogen-bond acceptors (Lipinski definition) is 3. The molecule has 0 aliphatic heterocycles. The fourth-order valence-corrected chi connectivity index (χ4v) is 1.72. The lowest BCUT2D eigenvalue weighted by Gasteiger charge is -2.14. The molecule has 0 bridgehead atoms. The van der Waals surface area contributed by atoms with Gasteiger partial charge in [-0.05, 0) is 18.4 Å². The summed E-state index contributed by atoms with van der Waals surface area (Å²) in [6, 6.07) is 10.1. The van der Waals surface area contributed by atoms with Crippen LogP contribution in [0.4, 0.5) is 0 Å². The Bertz CT molecular complexity index is 274. The van der Waals surface area contributed by atoms with E-state index in [-0.39, 0.29) is 12.5 Å². The Labute approximate surface area is 103 Å². The molecule has 3 nitrogen and oxygen atoms in total. The van der Waals surface area contributed by atoms with E-state index in [9.17, 15) is 5.11 Å². The minimum absolute atomic E-state index is 0.172. The Kier molecular flexibility index (Phi) is 7.63. The second-order valence-corrected chi connectivity index (χ2v) is 4.04. The predicted octanol–water partition coefficient (Wildman–Crippen LogP) is 2.21. The van der Waals surface area contributed by atoms with Crippen molar-refractivity contribution in [3.05, 3.63) is 35.9 Å². The molecule has 3 heteroatoms. The molecule has 1 atom stereocenters. The van der Waals surface area contributed by atoms with Crippen molar-refractivity contribution >= 4 is 0 Å². The molecule has 0 amide bonds. The van der Waals surface area contributed by atoms with Crippen LogP contribution in [-0.2, 0) is 9.47 Å². The fraction of sp³-hybridized carbons (Fsp3) is 0.571. The summed E-state index contributed by atoms with van der Waals surface area (Å²) in [5.74, 6) is 0.179. The maximum absolute atomic E-state index is 9.34. The first-order valence-corrected chi connectivity index (χ1v) is 6.11. The zero-order valence-corrected chi connectivity index (χ0v) is 10.5. The van der Waals surface area contributed by atoms with Crippen molar-refractivity contribution in [3.63, 3.8) is 0 Å². The quantitative estimate of drug-likeness (QED) is 0.670. The number of aliphatic hydroxyl groups excluding tert-OH is 1. The van der Waals surface area contributed by atoms with Crippen molar-refractivity contribution in [2.24, 2.45) is 0 Å². The van der Waals surface area contributed by atoms with Crippen LogP contribution in [-0.4, -0.2) is 38.6 Å². The lowest BCUT2D eigenvalue weighted by Crippen LogP contribution is -2.09. The van der Waals surface area contributed by atoms with Crippen LogP contribution in [0, 0.1) is 0 Å². The van der Waals surface area contributed by atoms with E-state index in [1.165, 1.54) is 5.56 Å². The highest BCUT2D eigenvalue weighted by atomic mass is 16.5. The van der Waals surface area contributed by atoms with Gasteiger partial charge in [0.25, 0.3) is 0 Å². The number of benzene rings is 1. The highest BCUT2D eigenvalue weighted by Gasteiger charge is 2.09. The first kappa shape index (κ1) is 14.2. The highest BCUT2D eigenvalue weighted by Crippen LogP contribution is 2.18. The number of methoxy groups -OCH3 is 1. The lowest BCUT2D eigenvalue weighted by molar-refractivity contribution is 0.0937. The van der Waals surface area contributed by atoms with E-state index in [0.29, 0.717) is 6.61 Å². The molecule has 0 spiro atoms. The smallest absolute Gasteiger partial charge is 0.0500 e. The minimum atomic E-state index is 0.172. The summed E-state index contributed by atoms with van der Waals surface area (Å²) in [5.41, 5.74) is 1.18. The van der Waals surface area contributed by atoms with Gasteiger partial charge < -0.3 is 14.6 Å². The van der Waals surface area contributed by atoms with Gasteiger partial charge in [-0.1, -0.05) is 30.3 Å². The third kappa shape index (κ3) is 5.82. The van der Waals surface area contributed by atoms with Gasteiger partial charge in [-0.3, -0.25) is 0 Å². The van der Waals surface area contributed by atoms with Gasteiger partial charge in [-0.25, -0.2) is 0 Å². The molecule has 0 saturated carbocycles. The van der Waals surface area contributed by atoms with E-state index < -0.39 is 0 Å². The molecule has 0 radical (unpaired) electrons. The zero-order valence-electron chi connectivity index (χ0n) is 10.5. The second-order valence-electron chi connectivity index (χ2n) is 4.04. The van der Waals surface area contributed by atoms with Crippen LogP contribution in [0.5, 0.6) is 0 Å². The first-order valence-electron chi connectivity index (χ1n) is 6.11. The van der Waals surface area contributed by atoms with E-state index in [1.54, 1.807) is 7.11 Å². The van der Waals surface area contributed by atoms with Gasteiger partial charge in [0.15, 0.2) is 0 Å². The number of aliphatic hydroxyl groups is 1. The molecule has 0 saturated heterocycles.